The number of carbonyl (C=O) groups excluding carboxylic acids is 1. The molecule has 4 nitrogen and oxygen atoms in total. The number of aryl methyl sites for hydroxylation is 3. The van der Waals surface area contributed by atoms with Crippen LogP contribution in [0.15, 0.2) is 16.7 Å². The number of halogens is 2. The third-order valence-electron chi connectivity index (χ3n) is 3.36. The number of rotatable bonds is 4. The third-order valence-corrected chi connectivity index (χ3v) is 3.71. The Hall–Kier alpha value is -1.88. The summed E-state index contributed by atoms with van der Waals surface area (Å²) in [4.78, 5) is 11.9. The molecule has 6 heteroatoms. The molecule has 0 spiro atoms. The fourth-order valence-electron chi connectivity index (χ4n) is 2.04. The van der Waals surface area contributed by atoms with E-state index in [1.807, 2.05) is 0 Å². The maximum absolute atomic E-state index is 14.0. The zero-order valence-electron chi connectivity index (χ0n) is 12.1. The van der Waals surface area contributed by atoms with E-state index in [1.165, 1.54) is 0 Å². The number of amides is 1. The van der Waals surface area contributed by atoms with Gasteiger partial charge in [0.25, 0.3) is 0 Å². The highest BCUT2D eigenvalue weighted by atomic mass is 35.5. The number of nitrogens with one attached hydrogen (secondary N) is 1. The van der Waals surface area contributed by atoms with Gasteiger partial charge in [0.15, 0.2) is 0 Å². The largest absolute Gasteiger partial charge is 0.361 e. The average Bonchev–Trinajstić information content (AvgIpc) is 2.75. The van der Waals surface area contributed by atoms with E-state index < -0.39 is 0 Å². The molecule has 1 amide bonds. The van der Waals surface area contributed by atoms with Gasteiger partial charge in [-0.3, -0.25) is 4.79 Å². The summed E-state index contributed by atoms with van der Waals surface area (Å²) in [7, 11) is 0. The summed E-state index contributed by atoms with van der Waals surface area (Å²) in [6.45, 7) is 5.23. The molecule has 0 radical (unpaired) electrons. The van der Waals surface area contributed by atoms with Crippen molar-refractivity contribution in [3.05, 3.63) is 51.1 Å². The summed E-state index contributed by atoms with van der Waals surface area (Å²) >= 11 is 5.96. The molecule has 0 saturated carbocycles. The van der Waals surface area contributed by atoms with Crippen LogP contribution in [-0.2, 0) is 17.8 Å². The van der Waals surface area contributed by atoms with Gasteiger partial charge in [0, 0.05) is 22.7 Å². The number of hydrogen-bond donors (Lipinski definition) is 1. The molecule has 0 unspecified atom stereocenters. The van der Waals surface area contributed by atoms with E-state index in [4.69, 9.17) is 16.1 Å². The Labute approximate surface area is 127 Å². The lowest BCUT2D eigenvalue weighted by Gasteiger charge is -2.09. The summed E-state index contributed by atoms with van der Waals surface area (Å²) in [5, 5.41) is 6.76. The summed E-state index contributed by atoms with van der Waals surface area (Å²) < 4.78 is 19.0. The molecule has 2 rings (SSSR count). The Balaban J connectivity index is 2.04. The number of hydrogen-bond acceptors (Lipinski definition) is 3. The highest BCUT2D eigenvalue weighted by Crippen LogP contribution is 2.22. The number of carbonyl (C=O) groups is 1. The van der Waals surface area contributed by atoms with Crippen molar-refractivity contribution in [2.45, 2.75) is 33.7 Å². The second-order valence-electron chi connectivity index (χ2n) is 4.91. The first-order valence-electron chi connectivity index (χ1n) is 6.52. The molecule has 0 saturated heterocycles. The summed E-state index contributed by atoms with van der Waals surface area (Å²) in [6.07, 6.45) is 0.145. The van der Waals surface area contributed by atoms with E-state index in [9.17, 15) is 9.18 Å². The Bertz CT molecular complexity index is 663. The predicted octanol–water partition coefficient (Wildman–Crippen LogP) is 3.25. The lowest BCUT2D eigenvalue weighted by Crippen LogP contribution is -2.25. The van der Waals surface area contributed by atoms with Crippen molar-refractivity contribution in [1.82, 2.24) is 10.5 Å². The fourth-order valence-corrected chi connectivity index (χ4v) is 2.25. The first-order valence-corrected chi connectivity index (χ1v) is 6.90. The fraction of sp³-hybridized carbons (Fsp3) is 0.333. The Morgan fingerprint density at radius 1 is 1.33 bits per heavy atom. The quantitative estimate of drug-likeness (QED) is 0.943. The van der Waals surface area contributed by atoms with Crippen LogP contribution in [0.2, 0.25) is 5.02 Å². The van der Waals surface area contributed by atoms with E-state index in [0.717, 1.165) is 5.56 Å². The first-order chi connectivity index (χ1) is 9.90. The molecule has 21 heavy (non-hydrogen) atoms. The van der Waals surface area contributed by atoms with E-state index >= 15 is 0 Å². The molecule has 112 valence electrons. The maximum atomic E-state index is 14.0. The van der Waals surface area contributed by atoms with Crippen LogP contribution in [0.3, 0.4) is 0 Å². The van der Waals surface area contributed by atoms with Gasteiger partial charge in [0.2, 0.25) is 5.91 Å². The van der Waals surface area contributed by atoms with Crippen LogP contribution >= 0.6 is 11.6 Å². The standard InChI is InChI=1S/C15H16ClFN2O2/c1-8-4-5-13(16)12(15(8)17)7-18-14(20)6-11-9(2)19-21-10(11)3/h4-5H,6-7H2,1-3H3,(H,18,20). The van der Waals surface area contributed by atoms with Crippen molar-refractivity contribution in [3.63, 3.8) is 0 Å². The van der Waals surface area contributed by atoms with Gasteiger partial charge in [-0.2, -0.15) is 0 Å². The molecule has 1 aromatic carbocycles. The maximum Gasteiger partial charge on any atom is 0.224 e. The predicted molar refractivity (Wildman–Crippen MR) is 77.7 cm³/mol. The number of aromatic nitrogens is 1. The van der Waals surface area contributed by atoms with Gasteiger partial charge in [-0.1, -0.05) is 22.8 Å². The monoisotopic (exact) mass is 310 g/mol. The highest BCUT2D eigenvalue weighted by Gasteiger charge is 2.15. The molecule has 0 aliphatic rings. The van der Waals surface area contributed by atoms with Crippen molar-refractivity contribution < 1.29 is 13.7 Å². The van der Waals surface area contributed by atoms with Gasteiger partial charge in [-0.25, -0.2) is 4.39 Å². The minimum Gasteiger partial charge on any atom is -0.361 e. The van der Waals surface area contributed by atoms with E-state index in [-0.39, 0.29) is 24.7 Å². The summed E-state index contributed by atoms with van der Waals surface area (Å²) in [5.41, 5.74) is 2.23. The van der Waals surface area contributed by atoms with Crippen molar-refractivity contribution >= 4 is 17.5 Å². The van der Waals surface area contributed by atoms with Crippen LogP contribution in [0, 0.1) is 26.6 Å². The Morgan fingerprint density at radius 3 is 2.67 bits per heavy atom. The van der Waals surface area contributed by atoms with Crippen molar-refractivity contribution in [3.8, 4) is 0 Å². The smallest absolute Gasteiger partial charge is 0.224 e. The minimum atomic E-state index is -0.389. The average molecular weight is 311 g/mol. The molecule has 0 fully saturated rings. The van der Waals surface area contributed by atoms with Crippen LogP contribution in [0.5, 0.6) is 0 Å². The highest BCUT2D eigenvalue weighted by molar-refractivity contribution is 6.31. The van der Waals surface area contributed by atoms with Crippen LogP contribution in [0.25, 0.3) is 0 Å². The van der Waals surface area contributed by atoms with Crippen molar-refractivity contribution in [2.24, 2.45) is 0 Å². The minimum absolute atomic E-state index is 0.0502. The lowest BCUT2D eigenvalue weighted by molar-refractivity contribution is -0.120. The van der Waals surface area contributed by atoms with Crippen LogP contribution < -0.4 is 5.32 Å². The van der Waals surface area contributed by atoms with Gasteiger partial charge in [0.1, 0.15) is 11.6 Å². The van der Waals surface area contributed by atoms with E-state index in [1.54, 1.807) is 32.9 Å². The molecule has 2 aromatic rings. The first kappa shape index (κ1) is 15.5. The molecule has 0 bridgehead atoms. The van der Waals surface area contributed by atoms with Gasteiger partial charge >= 0.3 is 0 Å². The molecular formula is C15H16ClFN2O2. The number of benzene rings is 1. The van der Waals surface area contributed by atoms with Gasteiger partial charge in [-0.05, 0) is 32.4 Å². The zero-order chi connectivity index (χ0) is 15.6. The van der Waals surface area contributed by atoms with Crippen molar-refractivity contribution in [2.75, 3.05) is 0 Å². The third kappa shape index (κ3) is 3.42. The Kier molecular flexibility index (Phi) is 4.63. The van der Waals surface area contributed by atoms with Gasteiger partial charge < -0.3 is 9.84 Å². The van der Waals surface area contributed by atoms with Crippen LogP contribution in [0.4, 0.5) is 4.39 Å². The summed E-state index contributed by atoms with van der Waals surface area (Å²) in [6, 6.07) is 3.22. The second kappa shape index (κ2) is 6.26. The van der Waals surface area contributed by atoms with Crippen LogP contribution in [0.1, 0.15) is 28.1 Å². The molecule has 1 aromatic heterocycles. The van der Waals surface area contributed by atoms with E-state index in [0.29, 0.717) is 27.6 Å². The van der Waals surface area contributed by atoms with Crippen LogP contribution in [-0.4, -0.2) is 11.1 Å². The van der Waals surface area contributed by atoms with Gasteiger partial charge in [0.05, 0.1) is 12.1 Å². The normalized spacial score (nSPS) is 10.7. The SMILES string of the molecule is Cc1ccc(Cl)c(CNC(=O)Cc2c(C)noc2C)c1F. The number of nitrogens with zero attached hydrogens (tertiary/aromatic N) is 1. The molecular weight excluding hydrogens is 295 g/mol. The zero-order valence-corrected chi connectivity index (χ0v) is 12.8. The summed E-state index contributed by atoms with van der Waals surface area (Å²) in [5.74, 6) is -0.0102. The molecule has 0 aliphatic heterocycles. The Morgan fingerprint density at radius 2 is 2.05 bits per heavy atom. The molecule has 1 heterocycles. The second-order valence-corrected chi connectivity index (χ2v) is 5.32. The topological polar surface area (TPSA) is 55.1 Å². The molecule has 0 atom stereocenters. The van der Waals surface area contributed by atoms with Gasteiger partial charge in [-0.15, -0.1) is 0 Å². The molecule has 0 aliphatic carbocycles. The van der Waals surface area contributed by atoms with Crippen molar-refractivity contribution in [1.29, 1.82) is 0 Å². The molecule has 1 N–H and O–H groups in total. The lowest BCUT2D eigenvalue weighted by atomic mass is 10.1. The van der Waals surface area contributed by atoms with E-state index in [2.05, 4.69) is 10.5 Å².